The van der Waals surface area contributed by atoms with E-state index in [9.17, 15) is 0 Å². The van der Waals surface area contributed by atoms with E-state index in [1.165, 1.54) is 12.8 Å². The lowest BCUT2D eigenvalue weighted by Gasteiger charge is -1.99. The third-order valence-electron chi connectivity index (χ3n) is 1.37. The smallest absolute Gasteiger partial charge is 0.0627 e. The maximum Gasteiger partial charge on any atom is 0.0627 e. The monoisotopic (exact) mass is 154 g/mol. The molecule has 0 unspecified atom stereocenters. The molecular formula is C9H18N2. The first-order valence-corrected chi connectivity index (χ1v) is 4.10. The lowest BCUT2D eigenvalue weighted by Crippen LogP contribution is -2.19. The van der Waals surface area contributed by atoms with E-state index in [0.29, 0.717) is 6.67 Å². The Morgan fingerprint density at radius 2 is 2.36 bits per heavy atom. The number of hydrogen-bond acceptors (Lipinski definition) is 2. The molecule has 0 amide bonds. The minimum atomic E-state index is 0.455. The Kier molecular flexibility index (Phi) is 6.84. The maximum absolute atomic E-state index is 5.25. The van der Waals surface area contributed by atoms with Crippen LogP contribution in [0.2, 0.25) is 0 Å². The summed E-state index contributed by atoms with van der Waals surface area (Å²) < 4.78 is 0. The molecule has 0 aromatic heterocycles. The molecule has 0 aromatic carbocycles. The fourth-order valence-electron chi connectivity index (χ4n) is 0.738. The van der Waals surface area contributed by atoms with Gasteiger partial charge in [0.15, 0.2) is 0 Å². The standard InChI is InChI=1S/C9H18N2/c1-3-4-5-6-7-9(2)11-8-10/h6-7,11H,2-5,8,10H2,1H3/b7-6-. The molecule has 11 heavy (non-hydrogen) atoms. The predicted octanol–water partition coefficient (Wildman–Crippen LogP) is 1.75. The van der Waals surface area contributed by atoms with E-state index in [1.807, 2.05) is 6.08 Å². The van der Waals surface area contributed by atoms with Crippen LogP contribution in [0.5, 0.6) is 0 Å². The van der Waals surface area contributed by atoms with E-state index < -0.39 is 0 Å². The first-order valence-electron chi connectivity index (χ1n) is 4.10. The Labute approximate surface area is 69.2 Å². The van der Waals surface area contributed by atoms with E-state index >= 15 is 0 Å². The van der Waals surface area contributed by atoms with Gasteiger partial charge in [0.1, 0.15) is 0 Å². The van der Waals surface area contributed by atoms with Crippen molar-refractivity contribution in [2.45, 2.75) is 26.2 Å². The highest BCUT2D eigenvalue weighted by Crippen LogP contribution is 1.96. The second-order valence-corrected chi connectivity index (χ2v) is 2.45. The molecule has 2 nitrogen and oxygen atoms in total. The van der Waals surface area contributed by atoms with Crippen LogP contribution in [0, 0.1) is 0 Å². The van der Waals surface area contributed by atoms with Gasteiger partial charge < -0.3 is 11.1 Å². The Hall–Kier alpha value is -0.760. The zero-order valence-corrected chi connectivity index (χ0v) is 7.27. The molecule has 0 aliphatic heterocycles. The fourth-order valence-corrected chi connectivity index (χ4v) is 0.738. The average molecular weight is 154 g/mol. The molecule has 0 aliphatic carbocycles. The van der Waals surface area contributed by atoms with Crippen LogP contribution in [-0.4, -0.2) is 6.67 Å². The number of hydrogen-bond donors (Lipinski definition) is 2. The van der Waals surface area contributed by atoms with Crippen molar-refractivity contribution < 1.29 is 0 Å². The van der Waals surface area contributed by atoms with Crippen molar-refractivity contribution in [3.63, 3.8) is 0 Å². The average Bonchev–Trinajstić information content (AvgIpc) is 1.99. The molecule has 0 heterocycles. The molecule has 0 aliphatic rings. The highest BCUT2D eigenvalue weighted by Gasteiger charge is 1.82. The minimum absolute atomic E-state index is 0.455. The summed E-state index contributed by atoms with van der Waals surface area (Å²) in [5.41, 5.74) is 6.15. The first-order chi connectivity index (χ1) is 5.31. The van der Waals surface area contributed by atoms with Gasteiger partial charge in [-0.05, 0) is 12.5 Å². The Morgan fingerprint density at radius 3 is 2.91 bits per heavy atom. The molecule has 0 radical (unpaired) electrons. The third kappa shape index (κ3) is 7.13. The summed E-state index contributed by atoms with van der Waals surface area (Å²) >= 11 is 0. The molecule has 2 heteroatoms. The molecule has 0 bridgehead atoms. The van der Waals surface area contributed by atoms with Crippen LogP contribution < -0.4 is 11.1 Å². The van der Waals surface area contributed by atoms with Gasteiger partial charge in [0, 0.05) is 5.70 Å². The van der Waals surface area contributed by atoms with Crippen molar-refractivity contribution >= 4 is 0 Å². The number of allylic oxidation sites excluding steroid dienone is 2. The molecule has 0 rings (SSSR count). The van der Waals surface area contributed by atoms with E-state index in [2.05, 4.69) is 24.9 Å². The van der Waals surface area contributed by atoms with Crippen molar-refractivity contribution in [1.29, 1.82) is 0 Å². The van der Waals surface area contributed by atoms with Gasteiger partial charge in [0.2, 0.25) is 0 Å². The second kappa shape index (κ2) is 7.35. The van der Waals surface area contributed by atoms with Crippen molar-refractivity contribution in [3.8, 4) is 0 Å². The number of nitrogens with one attached hydrogen (secondary N) is 1. The van der Waals surface area contributed by atoms with Gasteiger partial charge in [0.05, 0.1) is 6.67 Å². The summed E-state index contributed by atoms with van der Waals surface area (Å²) in [4.78, 5) is 0. The van der Waals surface area contributed by atoms with E-state index in [4.69, 9.17) is 5.73 Å². The van der Waals surface area contributed by atoms with E-state index in [1.54, 1.807) is 0 Å². The van der Waals surface area contributed by atoms with Crippen LogP contribution in [0.25, 0.3) is 0 Å². The van der Waals surface area contributed by atoms with Crippen molar-refractivity contribution in [2.75, 3.05) is 6.67 Å². The van der Waals surface area contributed by atoms with E-state index in [-0.39, 0.29) is 0 Å². The van der Waals surface area contributed by atoms with Crippen molar-refractivity contribution in [3.05, 3.63) is 24.4 Å². The lowest BCUT2D eigenvalue weighted by molar-refractivity contribution is 0.809. The summed E-state index contributed by atoms with van der Waals surface area (Å²) in [5, 5.41) is 2.92. The SMILES string of the molecule is C=C(/C=C\CCCC)NCN. The number of rotatable bonds is 6. The quantitative estimate of drug-likeness (QED) is 0.347. The molecule has 0 aromatic rings. The van der Waals surface area contributed by atoms with Crippen molar-refractivity contribution in [2.24, 2.45) is 5.73 Å². The normalized spacial score (nSPS) is 10.4. The summed E-state index contributed by atoms with van der Waals surface area (Å²) in [7, 11) is 0. The van der Waals surface area contributed by atoms with Crippen LogP contribution in [0.3, 0.4) is 0 Å². The highest BCUT2D eigenvalue weighted by atomic mass is 15.0. The number of unbranched alkanes of at least 4 members (excludes halogenated alkanes) is 2. The summed E-state index contributed by atoms with van der Waals surface area (Å²) in [6, 6.07) is 0. The molecule has 3 N–H and O–H groups in total. The van der Waals surface area contributed by atoms with Gasteiger partial charge >= 0.3 is 0 Å². The van der Waals surface area contributed by atoms with Crippen LogP contribution in [0.15, 0.2) is 24.4 Å². The summed E-state index contributed by atoms with van der Waals surface area (Å²) in [6.45, 7) is 6.40. The Balaban J connectivity index is 3.32. The van der Waals surface area contributed by atoms with Gasteiger partial charge in [-0.3, -0.25) is 0 Å². The lowest BCUT2D eigenvalue weighted by atomic mass is 10.2. The minimum Gasteiger partial charge on any atom is -0.373 e. The molecule has 0 fully saturated rings. The number of nitrogens with two attached hydrogens (primary N) is 1. The molecular weight excluding hydrogens is 136 g/mol. The topological polar surface area (TPSA) is 38.0 Å². The zero-order valence-electron chi connectivity index (χ0n) is 7.27. The fraction of sp³-hybridized carbons (Fsp3) is 0.556. The van der Waals surface area contributed by atoms with Crippen LogP contribution in [0.1, 0.15) is 26.2 Å². The summed E-state index contributed by atoms with van der Waals surface area (Å²) in [5.74, 6) is 0. The van der Waals surface area contributed by atoms with Gasteiger partial charge in [-0.15, -0.1) is 0 Å². The van der Waals surface area contributed by atoms with E-state index in [0.717, 1.165) is 12.1 Å². The van der Waals surface area contributed by atoms with Crippen molar-refractivity contribution in [1.82, 2.24) is 5.32 Å². The second-order valence-electron chi connectivity index (χ2n) is 2.45. The van der Waals surface area contributed by atoms with Gasteiger partial charge in [-0.1, -0.05) is 32.4 Å². The largest absolute Gasteiger partial charge is 0.373 e. The molecule has 0 spiro atoms. The Bertz CT molecular complexity index is 128. The highest BCUT2D eigenvalue weighted by molar-refractivity contribution is 5.11. The van der Waals surface area contributed by atoms with Crippen LogP contribution in [-0.2, 0) is 0 Å². The van der Waals surface area contributed by atoms with Gasteiger partial charge in [0.25, 0.3) is 0 Å². The molecule has 0 saturated heterocycles. The molecule has 0 saturated carbocycles. The van der Waals surface area contributed by atoms with Gasteiger partial charge in [-0.2, -0.15) is 0 Å². The first kappa shape index (κ1) is 10.2. The third-order valence-corrected chi connectivity index (χ3v) is 1.37. The van der Waals surface area contributed by atoms with Crippen LogP contribution in [0.4, 0.5) is 0 Å². The zero-order chi connectivity index (χ0) is 8.53. The summed E-state index contributed by atoms with van der Waals surface area (Å²) in [6.07, 6.45) is 7.70. The van der Waals surface area contributed by atoms with Crippen LogP contribution >= 0.6 is 0 Å². The Morgan fingerprint density at radius 1 is 1.64 bits per heavy atom. The predicted molar refractivity (Wildman–Crippen MR) is 50.0 cm³/mol. The molecule has 0 atom stereocenters. The maximum atomic E-state index is 5.25. The molecule has 64 valence electrons. The van der Waals surface area contributed by atoms with Gasteiger partial charge in [-0.25, -0.2) is 0 Å².